The lowest BCUT2D eigenvalue weighted by molar-refractivity contribution is -0.122. The minimum Gasteiger partial charge on any atom is -0.351 e. The Morgan fingerprint density at radius 2 is 1.75 bits per heavy atom. The molecule has 2 aromatic rings. The monoisotopic (exact) mass is 363 g/mol. The van der Waals surface area contributed by atoms with Crippen LogP contribution in [0.15, 0.2) is 42.5 Å². The lowest BCUT2D eigenvalue weighted by Gasteiger charge is -2.34. The number of hydrogen-bond donors (Lipinski definition) is 1. The van der Waals surface area contributed by atoms with Crippen molar-refractivity contribution in [2.24, 2.45) is 0 Å². The smallest absolute Gasteiger partial charge is 0.234 e. The maximum absolute atomic E-state index is 12.1. The topological polar surface area (TPSA) is 35.6 Å². The molecule has 1 aromatic carbocycles. The number of carbonyl (C=O) groups is 1. The van der Waals surface area contributed by atoms with Crippen LogP contribution in [0, 0.1) is 0 Å². The van der Waals surface area contributed by atoms with Crippen LogP contribution in [-0.4, -0.2) is 48.4 Å². The summed E-state index contributed by atoms with van der Waals surface area (Å²) >= 11 is 7.62. The van der Waals surface area contributed by atoms with Crippen LogP contribution >= 0.6 is 22.9 Å². The first-order valence-electron chi connectivity index (χ1n) is 8.18. The third-order valence-electron chi connectivity index (χ3n) is 4.17. The van der Waals surface area contributed by atoms with Crippen LogP contribution < -0.4 is 5.32 Å². The van der Waals surface area contributed by atoms with Gasteiger partial charge in [-0.15, -0.1) is 11.3 Å². The van der Waals surface area contributed by atoms with E-state index in [1.807, 2.05) is 36.4 Å². The summed E-state index contributed by atoms with van der Waals surface area (Å²) in [7, 11) is 0. The van der Waals surface area contributed by atoms with Gasteiger partial charge in [-0.3, -0.25) is 14.6 Å². The molecule has 1 amide bonds. The lowest BCUT2D eigenvalue weighted by Crippen LogP contribution is -2.48. The van der Waals surface area contributed by atoms with Crippen LogP contribution in [0.4, 0.5) is 0 Å². The molecule has 0 bridgehead atoms. The number of benzene rings is 1. The van der Waals surface area contributed by atoms with Crippen LogP contribution in [0.25, 0.3) is 0 Å². The van der Waals surface area contributed by atoms with Crippen molar-refractivity contribution in [2.45, 2.75) is 13.1 Å². The van der Waals surface area contributed by atoms with Crippen molar-refractivity contribution in [2.75, 3.05) is 32.7 Å². The minimum absolute atomic E-state index is 0.0948. The van der Waals surface area contributed by atoms with Gasteiger partial charge in [-0.2, -0.15) is 0 Å². The summed E-state index contributed by atoms with van der Waals surface area (Å²) in [6.07, 6.45) is 0. The molecule has 1 aliphatic heterocycles. The molecule has 0 aliphatic carbocycles. The third kappa shape index (κ3) is 5.31. The van der Waals surface area contributed by atoms with Crippen molar-refractivity contribution < 1.29 is 4.79 Å². The van der Waals surface area contributed by atoms with Gasteiger partial charge in [0.25, 0.3) is 0 Å². The molecule has 2 heterocycles. The summed E-state index contributed by atoms with van der Waals surface area (Å²) in [5.41, 5.74) is 1.13. The van der Waals surface area contributed by atoms with E-state index < -0.39 is 0 Å². The van der Waals surface area contributed by atoms with E-state index in [4.69, 9.17) is 11.6 Å². The van der Waals surface area contributed by atoms with Gasteiger partial charge in [-0.1, -0.05) is 41.9 Å². The maximum Gasteiger partial charge on any atom is 0.234 e. The van der Waals surface area contributed by atoms with Crippen molar-refractivity contribution in [1.29, 1.82) is 0 Å². The summed E-state index contributed by atoms with van der Waals surface area (Å²) in [6.45, 7) is 5.86. The second-order valence-corrected chi connectivity index (χ2v) is 7.82. The third-order valence-corrected chi connectivity index (χ3v) is 5.39. The van der Waals surface area contributed by atoms with Crippen molar-refractivity contribution in [1.82, 2.24) is 15.1 Å². The number of thiophene rings is 1. The van der Waals surface area contributed by atoms with E-state index in [-0.39, 0.29) is 5.91 Å². The number of piperazine rings is 1. The molecule has 0 saturated carbocycles. The molecule has 3 rings (SSSR count). The highest BCUT2D eigenvalue weighted by atomic mass is 35.5. The molecule has 1 aliphatic rings. The maximum atomic E-state index is 12.1. The number of rotatable bonds is 6. The van der Waals surface area contributed by atoms with Gasteiger partial charge in [-0.05, 0) is 17.7 Å². The molecular formula is C18H22ClN3OS. The average molecular weight is 364 g/mol. The Labute approximate surface area is 152 Å². The molecule has 24 heavy (non-hydrogen) atoms. The minimum atomic E-state index is 0.0948. The fourth-order valence-corrected chi connectivity index (χ4v) is 3.95. The largest absolute Gasteiger partial charge is 0.351 e. The van der Waals surface area contributed by atoms with E-state index in [0.29, 0.717) is 13.1 Å². The van der Waals surface area contributed by atoms with Gasteiger partial charge in [0.1, 0.15) is 0 Å². The summed E-state index contributed by atoms with van der Waals surface area (Å²) in [4.78, 5) is 18.0. The van der Waals surface area contributed by atoms with Crippen LogP contribution in [0.1, 0.15) is 10.4 Å². The highest BCUT2D eigenvalue weighted by Gasteiger charge is 2.19. The Morgan fingerprint density at radius 3 is 2.42 bits per heavy atom. The molecule has 6 heteroatoms. The quantitative estimate of drug-likeness (QED) is 0.857. The van der Waals surface area contributed by atoms with Crippen molar-refractivity contribution in [3.05, 3.63) is 57.2 Å². The molecule has 0 radical (unpaired) electrons. The van der Waals surface area contributed by atoms with Gasteiger partial charge in [0.2, 0.25) is 5.91 Å². The zero-order valence-electron chi connectivity index (χ0n) is 13.6. The first-order valence-corrected chi connectivity index (χ1v) is 9.38. The first-order chi connectivity index (χ1) is 11.7. The highest BCUT2D eigenvalue weighted by Crippen LogP contribution is 2.23. The Bertz CT molecular complexity index is 653. The number of amides is 1. The first kappa shape index (κ1) is 17.4. The molecule has 1 saturated heterocycles. The number of carbonyl (C=O) groups excluding carboxylic acids is 1. The van der Waals surface area contributed by atoms with Crippen LogP contribution in [0.5, 0.6) is 0 Å². The number of nitrogens with zero attached hydrogens (tertiary/aromatic N) is 2. The standard InChI is InChI=1S/C18H22ClN3OS/c19-17-7-6-16(24-17)13-21-8-10-22(11-9-21)14-18(23)20-12-15-4-2-1-3-5-15/h1-7H,8-14H2,(H,20,23). The molecule has 1 fully saturated rings. The molecular weight excluding hydrogens is 342 g/mol. The predicted octanol–water partition coefficient (Wildman–Crippen LogP) is 2.84. The van der Waals surface area contributed by atoms with Gasteiger partial charge >= 0.3 is 0 Å². The summed E-state index contributed by atoms with van der Waals surface area (Å²) in [5, 5.41) is 2.99. The van der Waals surface area contributed by atoms with Gasteiger partial charge in [0.15, 0.2) is 0 Å². The lowest BCUT2D eigenvalue weighted by atomic mass is 10.2. The molecule has 1 N–H and O–H groups in total. The predicted molar refractivity (Wildman–Crippen MR) is 99.3 cm³/mol. The zero-order valence-corrected chi connectivity index (χ0v) is 15.2. The Morgan fingerprint density at radius 1 is 1.04 bits per heavy atom. The normalized spacial score (nSPS) is 16.2. The van der Waals surface area contributed by atoms with Gasteiger partial charge in [0.05, 0.1) is 10.9 Å². The van der Waals surface area contributed by atoms with Crippen molar-refractivity contribution in [3.8, 4) is 0 Å². The van der Waals surface area contributed by atoms with E-state index in [1.165, 1.54) is 4.88 Å². The summed E-state index contributed by atoms with van der Waals surface area (Å²) in [5.74, 6) is 0.0948. The second-order valence-electron chi connectivity index (χ2n) is 6.02. The van der Waals surface area contributed by atoms with E-state index in [0.717, 1.165) is 42.6 Å². The second kappa shape index (κ2) is 8.62. The molecule has 0 unspecified atom stereocenters. The molecule has 128 valence electrons. The Balaban J connectivity index is 1.36. The van der Waals surface area contributed by atoms with Crippen molar-refractivity contribution in [3.63, 3.8) is 0 Å². The van der Waals surface area contributed by atoms with Crippen molar-refractivity contribution >= 4 is 28.8 Å². The fraction of sp³-hybridized carbons (Fsp3) is 0.389. The van der Waals surface area contributed by atoms with Gasteiger partial charge in [0, 0.05) is 44.1 Å². The Kier molecular flexibility index (Phi) is 6.26. The molecule has 0 spiro atoms. The number of halogens is 1. The van der Waals surface area contributed by atoms with Gasteiger partial charge < -0.3 is 5.32 Å². The number of hydrogen-bond acceptors (Lipinski definition) is 4. The summed E-state index contributed by atoms with van der Waals surface area (Å²) < 4.78 is 0.846. The van der Waals surface area contributed by atoms with Gasteiger partial charge in [-0.25, -0.2) is 0 Å². The SMILES string of the molecule is O=C(CN1CCN(Cc2ccc(Cl)s2)CC1)NCc1ccccc1. The zero-order chi connectivity index (χ0) is 16.8. The molecule has 0 atom stereocenters. The average Bonchev–Trinajstić information content (AvgIpc) is 3.01. The van der Waals surface area contributed by atoms with Crippen LogP contribution in [-0.2, 0) is 17.9 Å². The molecule has 4 nitrogen and oxygen atoms in total. The highest BCUT2D eigenvalue weighted by molar-refractivity contribution is 7.16. The van der Waals surface area contributed by atoms with E-state index in [1.54, 1.807) is 11.3 Å². The Hall–Kier alpha value is -1.40. The summed E-state index contributed by atoms with van der Waals surface area (Å²) in [6, 6.07) is 14.1. The van der Waals surface area contributed by atoms with E-state index in [9.17, 15) is 4.79 Å². The molecule has 1 aromatic heterocycles. The van der Waals surface area contributed by atoms with Crippen LogP contribution in [0.3, 0.4) is 0 Å². The van der Waals surface area contributed by atoms with E-state index >= 15 is 0 Å². The number of nitrogens with one attached hydrogen (secondary N) is 1. The van der Waals surface area contributed by atoms with E-state index in [2.05, 4.69) is 21.2 Å². The van der Waals surface area contributed by atoms with Crippen LogP contribution in [0.2, 0.25) is 4.34 Å². The fourth-order valence-electron chi connectivity index (χ4n) is 2.82.